The third-order valence-electron chi connectivity index (χ3n) is 3.14. The Bertz CT molecular complexity index is 419. The Labute approximate surface area is 111 Å². The molecular weight excluding hydrogens is 256 g/mol. The predicted octanol–water partition coefficient (Wildman–Crippen LogP) is 2.90. The van der Waals surface area contributed by atoms with Crippen molar-refractivity contribution in [3.8, 4) is 0 Å². The molecule has 1 aliphatic rings. The van der Waals surface area contributed by atoms with Crippen LogP contribution in [0.4, 0.5) is 0 Å². The summed E-state index contributed by atoms with van der Waals surface area (Å²) in [5.74, 6) is 0.543. The van der Waals surface area contributed by atoms with Crippen molar-refractivity contribution in [1.29, 1.82) is 0 Å². The number of halogens is 1. The molecular formula is C12H17ClN2OS. The molecule has 3 nitrogen and oxygen atoms in total. The number of carbonyl (C=O) groups is 1. The molecule has 2 atom stereocenters. The Hall–Kier alpha value is -0.610. The Morgan fingerprint density at radius 2 is 2.29 bits per heavy atom. The predicted molar refractivity (Wildman–Crippen MR) is 70.9 cm³/mol. The summed E-state index contributed by atoms with van der Waals surface area (Å²) in [5.41, 5.74) is 0.826. The van der Waals surface area contributed by atoms with Gasteiger partial charge in [-0.3, -0.25) is 4.79 Å². The van der Waals surface area contributed by atoms with Gasteiger partial charge in [0.15, 0.2) is 0 Å². The molecule has 2 unspecified atom stereocenters. The monoisotopic (exact) mass is 272 g/mol. The number of carbonyl (C=O) groups excluding carboxylic acids is 1. The molecule has 0 saturated heterocycles. The van der Waals surface area contributed by atoms with Gasteiger partial charge in [-0.15, -0.1) is 22.9 Å². The van der Waals surface area contributed by atoms with Gasteiger partial charge >= 0.3 is 0 Å². The minimum Gasteiger partial charge on any atom is -0.351 e. The Morgan fingerprint density at radius 3 is 2.82 bits per heavy atom. The van der Waals surface area contributed by atoms with E-state index in [9.17, 15) is 4.79 Å². The lowest BCUT2D eigenvalue weighted by Crippen LogP contribution is -2.28. The first-order chi connectivity index (χ1) is 8.06. The summed E-state index contributed by atoms with van der Waals surface area (Å²) in [4.78, 5) is 16.9. The molecule has 1 fully saturated rings. The van der Waals surface area contributed by atoms with Crippen LogP contribution < -0.4 is 5.32 Å². The molecule has 0 bridgehead atoms. The maximum atomic E-state index is 11.9. The van der Waals surface area contributed by atoms with Crippen molar-refractivity contribution in [2.75, 3.05) is 6.54 Å². The molecule has 0 aromatic carbocycles. The van der Waals surface area contributed by atoms with E-state index >= 15 is 0 Å². The molecule has 1 N–H and O–H groups in total. The Balaban J connectivity index is 1.87. The lowest BCUT2D eigenvalue weighted by atomic mass is 10.1. The fourth-order valence-corrected chi connectivity index (χ4v) is 3.47. The third-order valence-corrected chi connectivity index (χ3v) is 4.61. The van der Waals surface area contributed by atoms with E-state index in [1.807, 2.05) is 13.8 Å². The van der Waals surface area contributed by atoms with Crippen molar-refractivity contribution < 1.29 is 4.79 Å². The van der Waals surface area contributed by atoms with Crippen LogP contribution in [-0.4, -0.2) is 22.8 Å². The SMILES string of the molecule is Cc1nc(C)c(C(=O)NCC2CCC(Cl)C2)s1. The van der Waals surface area contributed by atoms with Gasteiger partial charge in [-0.1, -0.05) is 0 Å². The van der Waals surface area contributed by atoms with E-state index in [1.165, 1.54) is 11.3 Å². The van der Waals surface area contributed by atoms with Gasteiger partial charge in [0.25, 0.3) is 5.91 Å². The summed E-state index contributed by atoms with van der Waals surface area (Å²) in [6, 6.07) is 0. The number of rotatable bonds is 3. The Morgan fingerprint density at radius 1 is 1.53 bits per heavy atom. The molecule has 5 heteroatoms. The Kier molecular flexibility index (Phi) is 4.05. The summed E-state index contributed by atoms with van der Waals surface area (Å²) in [7, 11) is 0. The lowest BCUT2D eigenvalue weighted by Gasteiger charge is -2.10. The second-order valence-corrected chi connectivity index (χ2v) is 6.45. The van der Waals surface area contributed by atoms with E-state index in [-0.39, 0.29) is 5.91 Å². The van der Waals surface area contributed by atoms with E-state index in [2.05, 4.69) is 10.3 Å². The van der Waals surface area contributed by atoms with Crippen molar-refractivity contribution >= 4 is 28.8 Å². The van der Waals surface area contributed by atoms with Crippen LogP contribution in [0, 0.1) is 19.8 Å². The van der Waals surface area contributed by atoms with Crippen LogP contribution in [0.25, 0.3) is 0 Å². The van der Waals surface area contributed by atoms with Crippen molar-refractivity contribution in [3.05, 3.63) is 15.6 Å². The molecule has 0 aliphatic heterocycles. The van der Waals surface area contributed by atoms with Gasteiger partial charge in [-0.05, 0) is 39.0 Å². The zero-order valence-corrected chi connectivity index (χ0v) is 11.7. The number of nitrogens with one attached hydrogen (secondary N) is 1. The van der Waals surface area contributed by atoms with Gasteiger partial charge in [0.1, 0.15) is 4.88 Å². The quantitative estimate of drug-likeness (QED) is 0.860. The largest absolute Gasteiger partial charge is 0.351 e. The molecule has 0 spiro atoms. The first-order valence-electron chi connectivity index (χ1n) is 5.92. The second-order valence-electron chi connectivity index (χ2n) is 4.63. The number of amides is 1. The van der Waals surface area contributed by atoms with Crippen LogP contribution in [0.3, 0.4) is 0 Å². The maximum Gasteiger partial charge on any atom is 0.263 e. The topological polar surface area (TPSA) is 42.0 Å². The average molecular weight is 273 g/mol. The van der Waals surface area contributed by atoms with Crippen LogP contribution in [0.1, 0.15) is 39.6 Å². The van der Waals surface area contributed by atoms with Crippen molar-refractivity contribution in [3.63, 3.8) is 0 Å². The molecule has 1 aromatic rings. The number of nitrogens with zero attached hydrogens (tertiary/aromatic N) is 1. The molecule has 1 aromatic heterocycles. The van der Waals surface area contributed by atoms with E-state index in [1.54, 1.807) is 0 Å². The van der Waals surface area contributed by atoms with E-state index in [0.717, 1.165) is 41.4 Å². The van der Waals surface area contributed by atoms with Gasteiger partial charge in [0.2, 0.25) is 0 Å². The fourth-order valence-electron chi connectivity index (χ4n) is 2.26. The zero-order valence-electron chi connectivity index (χ0n) is 10.1. The molecule has 1 amide bonds. The van der Waals surface area contributed by atoms with Crippen LogP contribution in [0.2, 0.25) is 0 Å². The molecule has 1 aliphatic carbocycles. The second kappa shape index (κ2) is 5.36. The molecule has 1 saturated carbocycles. The highest BCUT2D eigenvalue weighted by atomic mass is 35.5. The fraction of sp³-hybridized carbons (Fsp3) is 0.667. The summed E-state index contributed by atoms with van der Waals surface area (Å²) in [5, 5.41) is 4.22. The minimum atomic E-state index is 0.00567. The smallest absolute Gasteiger partial charge is 0.263 e. The van der Waals surface area contributed by atoms with E-state index in [4.69, 9.17) is 11.6 Å². The minimum absolute atomic E-state index is 0.00567. The number of alkyl halides is 1. The van der Waals surface area contributed by atoms with E-state index < -0.39 is 0 Å². The van der Waals surface area contributed by atoms with Gasteiger partial charge in [-0.2, -0.15) is 0 Å². The van der Waals surface area contributed by atoms with E-state index in [0.29, 0.717) is 11.3 Å². The molecule has 2 rings (SSSR count). The molecule has 1 heterocycles. The lowest BCUT2D eigenvalue weighted by molar-refractivity contribution is 0.0950. The summed E-state index contributed by atoms with van der Waals surface area (Å²) < 4.78 is 0. The first kappa shape index (κ1) is 12.8. The highest BCUT2D eigenvalue weighted by molar-refractivity contribution is 7.13. The summed E-state index contributed by atoms with van der Waals surface area (Å²) in [6.07, 6.45) is 3.21. The zero-order chi connectivity index (χ0) is 12.4. The van der Waals surface area contributed by atoms with Crippen molar-refractivity contribution in [1.82, 2.24) is 10.3 Å². The average Bonchev–Trinajstić information content (AvgIpc) is 2.81. The maximum absolute atomic E-state index is 11.9. The number of hydrogen-bond donors (Lipinski definition) is 1. The number of aromatic nitrogens is 1. The molecule has 94 valence electrons. The standard InChI is InChI=1S/C12H17ClN2OS/c1-7-11(17-8(2)15-7)12(16)14-6-9-3-4-10(13)5-9/h9-10H,3-6H2,1-2H3,(H,14,16). The van der Waals surface area contributed by atoms with Crippen LogP contribution in [0.5, 0.6) is 0 Å². The van der Waals surface area contributed by atoms with Gasteiger partial charge in [-0.25, -0.2) is 4.98 Å². The highest BCUT2D eigenvalue weighted by Gasteiger charge is 2.23. The number of hydrogen-bond acceptors (Lipinski definition) is 3. The summed E-state index contributed by atoms with van der Waals surface area (Å²) >= 11 is 7.50. The molecule has 17 heavy (non-hydrogen) atoms. The number of thiazole rings is 1. The van der Waals surface area contributed by atoms with Crippen LogP contribution >= 0.6 is 22.9 Å². The van der Waals surface area contributed by atoms with Gasteiger partial charge in [0, 0.05) is 11.9 Å². The highest BCUT2D eigenvalue weighted by Crippen LogP contribution is 2.28. The molecule has 0 radical (unpaired) electrons. The number of aryl methyl sites for hydroxylation is 2. The summed E-state index contributed by atoms with van der Waals surface area (Å²) in [6.45, 7) is 4.53. The van der Waals surface area contributed by atoms with Crippen LogP contribution in [-0.2, 0) is 0 Å². The normalized spacial score (nSPS) is 23.9. The van der Waals surface area contributed by atoms with Gasteiger partial charge in [0.05, 0.1) is 10.7 Å². The van der Waals surface area contributed by atoms with Crippen LogP contribution in [0.15, 0.2) is 0 Å². The van der Waals surface area contributed by atoms with Crippen molar-refractivity contribution in [2.45, 2.75) is 38.5 Å². The third kappa shape index (κ3) is 3.19. The van der Waals surface area contributed by atoms with Crippen molar-refractivity contribution in [2.24, 2.45) is 5.92 Å². The first-order valence-corrected chi connectivity index (χ1v) is 7.18. The van der Waals surface area contributed by atoms with Gasteiger partial charge < -0.3 is 5.32 Å².